The zero-order chi connectivity index (χ0) is 31.9. The van der Waals surface area contributed by atoms with Gasteiger partial charge >= 0.3 is 17.9 Å². The van der Waals surface area contributed by atoms with E-state index in [1.807, 2.05) is 36.4 Å². The van der Waals surface area contributed by atoms with Crippen LogP contribution < -0.4 is 4.90 Å². The van der Waals surface area contributed by atoms with Gasteiger partial charge in [-0.3, -0.25) is 19.0 Å². The summed E-state index contributed by atoms with van der Waals surface area (Å²) in [4.78, 5) is 52.0. The molecule has 0 saturated carbocycles. The van der Waals surface area contributed by atoms with Crippen LogP contribution in [0.15, 0.2) is 67.0 Å². The number of halogens is 1. The number of aliphatic carboxylic acids is 1. The first-order valence-corrected chi connectivity index (χ1v) is 15.0. The number of esters is 2. The number of rotatable bonds is 8. The topological polar surface area (TPSA) is 146 Å². The van der Waals surface area contributed by atoms with Crippen molar-refractivity contribution < 1.29 is 33.7 Å². The largest absolute Gasteiger partial charge is 0.481 e. The highest BCUT2D eigenvalue weighted by atomic mass is 35.5. The molecule has 234 valence electrons. The number of carboxylic acid groups (broad SMARTS) is 1. The normalized spacial score (nSPS) is 23.2. The van der Waals surface area contributed by atoms with Crippen molar-refractivity contribution in [3.05, 3.63) is 83.4 Å². The van der Waals surface area contributed by atoms with E-state index in [4.69, 9.17) is 25.8 Å². The molecular formula is C32H32ClN5O7. The van der Waals surface area contributed by atoms with Crippen molar-refractivity contribution in [2.75, 3.05) is 18.0 Å². The minimum absolute atomic E-state index is 0.0369. The minimum atomic E-state index is -1.20. The van der Waals surface area contributed by atoms with Gasteiger partial charge in [-0.2, -0.15) is 9.97 Å². The molecule has 4 aromatic rings. The smallest absolute Gasteiger partial charge is 0.309 e. The van der Waals surface area contributed by atoms with Crippen molar-refractivity contribution in [2.45, 2.75) is 57.1 Å². The molecule has 2 aromatic heterocycles. The Kier molecular flexibility index (Phi) is 8.19. The molecule has 2 fully saturated rings. The molecule has 2 aliphatic rings. The van der Waals surface area contributed by atoms with Crippen molar-refractivity contribution in [3.63, 3.8) is 0 Å². The summed E-state index contributed by atoms with van der Waals surface area (Å²) >= 11 is 6.52. The van der Waals surface area contributed by atoms with Crippen LogP contribution in [0.25, 0.3) is 11.2 Å². The van der Waals surface area contributed by atoms with Gasteiger partial charge in [0.25, 0.3) is 0 Å². The van der Waals surface area contributed by atoms with Gasteiger partial charge in [0, 0.05) is 32.4 Å². The molecular weight excluding hydrogens is 602 g/mol. The number of fused-ring (bicyclic) bond motifs is 1. The average molecular weight is 634 g/mol. The second-order valence-corrected chi connectivity index (χ2v) is 11.7. The SMILES string of the molecule is CC(=O)O[C@@H]1[C@H](OC(C)=O)[C@@H](C(C)C(=O)O)O[C@H]1n1cnc2c(N3CCC(c4ccccc4)(c4ccccc4)C3)nc(Cl)nc21. The zero-order valence-electron chi connectivity index (χ0n) is 24.9. The van der Waals surface area contributed by atoms with Gasteiger partial charge in [0.1, 0.15) is 6.10 Å². The van der Waals surface area contributed by atoms with Crippen molar-refractivity contribution in [1.29, 1.82) is 0 Å². The summed E-state index contributed by atoms with van der Waals surface area (Å²) in [5, 5.41) is 9.72. The van der Waals surface area contributed by atoms with Gasteiger partial charge in [0.05, 0.1) is 12.2 Å². The number of aromatic nitrogens is 4. The van der Waals surface area contributed by atoms with E-state index in [2.05, 4.69) is 44.1 Å². The second-order valence-electron chi connectivity index (χ2n) is 11.4. The Balaban J connectivity index is 1.42. The van der Waals surface area contributed by atoms with Crippen LogP contribution in [0.3, 0.4) is 0 Å². The number of ether oxygens (including phenoxy) is 3. The minimum Gasteiger partial charge on any atom is -0.481 e. The Morgan fingerprint density at radius 1 is 0.978 bits per heavy atom. The molecule has 0 bridgehead atoms. The molecule has 0 aliphatic carbocycles. The summed E-state index contributed by atoms with van der Waals surface area (Å²) in [6, 6.07) is 20.7. The van der Waals surface area contributed by atoms with E-state index in [1.165, 1.54) is 42.8 Å². The number of nitrogens with zero attached hydrogens (tertiary/aromatic N) is 5. The van der Waals surface area contributed by atoms with Gasteiger partial charge < -0.3 is 24.2 Å². The molecule has 0 amide bonds. The van der Waals surface area contributed by atoms with Crippen LogP contribution in [-0.4, -0.2) is 73.9 Å². The van der Waals surface area contributed by atoms with Crippen LogP contribution in [0.5, 0.6) is 0 Å². The summed E-state index contributed by atoms with van der Waals surface area (Å²) in [7, 11) is 0. The van der Waals surface area contributed by atoms with Gasteiger partial charge in [-0.25, -0.2) is 4.98 Å². The third-order valence-electron chi connectivity index (χ3n) is 8.58. The van der Waals surface area contributed by atoms with Crippen LogP contribution >= 0.6 is 11.6 Å². The Morgan fingerprint density at radius 2 is 1.58 bits per heavy atom. The fraction of sp³-hybridized carbons (Fsp3) is 0.375. The maximum atomic E-state index is 12.2. The molecule has 12 nitrogen and oxygen atoms in total. The summed E-state index contributed by atoms with van der Waals surface area (Å²) in [6.07, 6.45) is -2.39. The molecule has 2 aliphatic heterocycles. The van der Waals surface area contributed by atoms with E-state index >= 15 is 0 Å². The Hall–Kier alpha value is -4.55. The lowest BCUT2D eigenvalue weighted by atomic mass is 9.74. The van der Waals surface area contributed by atoms with Gasteiger partial charge in [-0.05, 0) is 36.1 Å². The molecule has 5 atom stereocenters. The quantitative estimate of drug-likeness (QED) is 0.220. The summed E-state index contributed by atoms with van der Waals surface area (Å²) in [6.45, 7) is 5.07. The van der Waals surface area contributed by atoms with E-state index in [1.54, 1.807) is 0 Å². The van der Waals surface area contributed by atoms with Crippen molar-refractivity contribution in [2.24, 2.45) is 5.92 Å². The maximum absolute atomic E-state index is 12.2. The first-order chi connectivity index (χ1) is 21.6. The number of imidazole rings is 1. The maximum Gasteiger partial charge on any atom is 0.309 e. The lowest BCUT2D eigenvalue weighted by Crippen LogP contribution is -2.42. The summed E-state index contributed by atoms with van der Waals surface area (Å²) in [5.41, 5.74) is 2.76. The number of hydrogen-bond acceptors (Lipinski definition) is 10. The van der Waals surface area contributed by atoms with Crippen molar-refractivity contribution >= 4 is 46.5 Å². The summed E-state index contributed by atoms with van der Waals surface area (Å²) in [5.74, 6) is -3.10. The number of hydrogen-bond donors (Lipinski definition) is 1. The van der Waals surface area contributed by atoms with Crippen LogP contribution in [0.4, 0.5) is 5.82 Å². The number of carboxylic acids is 1. The highest BCUT2D eigenvalue weighted by molar-refractivity contribution is 6.28. The van der Waals surface area contributed by atoms with E-state index in [-0.39, 0.29) is 16.3 Å². The number of benzene rings is 2. The van der Waals surface area contributed by atoms with Crippen LogP contribution in [-0.2, 0) is 34.0 Å². The average Bonchev–Trinajstić information content (AvgIpc) is 3.74. The standard InChI is InChI=1S/C32H32ClN5O7/c1-18(30(41)42)24-25(43-19(2)39)26(44-20(3)40)29(45-24)38-17-34-23-27(35-31(33)36-28(23)38)37-15-14-32(16-37,21-10-6-4-7-11-21)22-12-8-5-9-13-22/h4-13,17-18,24-26,29H,14-16H2,1-3H3,(H,41,42)/t18?,24-,25-,26-,29-/m1/s1. The Bertz CT molecular complexity index is 1690. The lowest BCUT2D eigenvalue weighted by molar-refractivity contribution is -0.166. The van der Waals surface area contributed by atoms with Crippen LogP contribution in [0.1, 0.15) is 44.5 Å². The van der Waals surface area contributed by atoms with Crippen LogP contribution in [0.2, 0.25) is 5.28 Å². The molecule has 2 saturated heterocycles. The number of anilines is 1. The molecule has 1 unspecified atom stereocenters. The lowest BCUT2D eigenvalue weighted by Gasteiger charge is -2.31. The van der Waals surface area contributed by atoms with Gasteiger partial charge in [0.15, 0.2) is 35.4 Å². The first kappa shape index (κ1) is 30.5. The molecule has 45 heavy (non-hydrogen) atoms. The van der Waals surface area contributed by atoms with Crippen molar-refractivity contribution in [1.82, 2.24) is 19.5 Å². The molecule has 0 spiro atoms. The fourth-order valence-corrected chi connectivity index (χ4v) is 6.66. The third-order valence-corrected chi connectivity index (χ3v) is 8.75. The molecule has 1 N–H and O–H groups in total. The van der Waals surface area contributed by atoms with Crippen molar-refractivity contribution in [3.8, 4) is 0 Å². The number of carbonyl (C=O) groups excluding carboxylic acids is 2. The predicted octanol–water partition coefficient (Wildman–Crippen LogP) is 4.16. The van der Waals surface area contributed by atoms with E-state index in [0.717, 1.165) is 6.42 Å². The fourth-order valence-electron chi connectivity index (χ4n) is 6.50. The monoisotopic (exact) mass is 633 g/mol. The molecule has 13 heteroatoms. The molecule has 4 heterocycles. The second kappa shape index (κ2) is 12.1. The Labute approximate surface area is 263 Å². The van der Waals surface area contributed by atoms with Crippen LogP contribution in [0, 0.1) is 5.92 Å². The van der Waals surface area contributed by atoms with E-state index < -0.39 is 48.4 Å². The van der Waals surface area contributed by atoms with E-state index in [0.29, 0.717) is 24.4 Å². The van der Waals surface area contributed by atoms with Gasteiger partial charge in [-0.15, -0.1) is 0 Å². The molecule has 0 radical (unpaired) electrons. The Morgan fingerprint density at radius 3 is 2.16 bits per heavy atom. The van der Waals surface area contributed by atoms with E-state index in [9.17, 15) is 19.5 Å². The molecule has 2 aromatic carbocycles. The summed E-state index contributed by atoms with van der Waals surface area (Å²) < 4.78 is 18.8. The predicted molar refractivity (Wildman–Crippen MR) is 163 cm³/mol. The first-order valence-electron chi connectivity index (χ1n) is 14.6. The highest BCUT2D eigenvalue weighted by Crippen LogP contribution is 2.44. The van der Waals surface area contributed by atoms with Gasteiger partial charge in [-0.1, -0.05) is 60.7 Å². The third kappa shape index (κ3) is 5.59. The zero-order valence-corrected chi connectivity index (χ0v) is 25.6. The van der Waals surface area contributed by atoms with Gasteiger partial charge in [0.2, 0.25) is 5.28 Å². The number of carbonyl (C=O) groups is 3. The highest BCUT2D eigenvalue weighted by Gasteiger charge is 2.54. The molecule has 6 rings (SSSR count).